The molecule has 2 heterocycles. The van der Waals surface area contributed by atoms with Crippen LogP contribution in [0.3, 0.4) is 0 Å². The van der Waals surface area contributed by atoms with Crippen molar-refractivity contribution in [2.45, 2.75) is 13.0 Å². The second-order valence-electron chi connectivity index (χ2n) is 6.52. The van der Waals surface area contributed by atoms with Crippen LogP contribution in [0.2, 0.25) is 5.02 Å². The number of nitrogens with zero attached hydrogens (tertiary/aromatic N) is 2. The fourth-order valence-corrected chi connectivity index (χ4v) is 3.30. The number of carbonyl (C=O) groups is 2. The number of pyridine rings is 1. The molecule has 7 nitrogen and oxygen atoms in total. The topological polar surface area (TPSA) is 92.7 Å². The van der Waals surface area contributed by atoms with Gasteiger partial charge in [0.15, 0.2) is 5.84 Å². The molecule has 1 unspecified atom stereocenters. The van der Waals surface area contributed by atoms with Crippen molar-refractivity contribution in [2.75, 3.05) is 13.7 Å². The number of rotatable bonds is 5. The van der Waals surface area contributed by atoms with Crippen molar-refractivity contribution in [3.63, 3.8) is 0 Å². The second kappa shape index (κ2) is 9.41. The Bertz CT molecular complexity index is 1140. The molecule has 158 valence electrons. The number of amidine groups is 1. The molecule has 3 rings (SSSR count). The Morgan fingerprint density at radius 1 is 1.35 bits per heavy atom. The van der Waals surface area contributed by atoms with Gasteiger partial charge in [-0.05, 0) is 31.2 Å². The summed E-state index contributed by atoms with van der Waals surface area (Å²) >= 11 is 6.24. The number of allylic oxidation sites excluding steroid dienone is 1. The number of hydrogen-bond donors (Lipinski definition) is 2. The van der Waals surface area contributed by atoms with Gasteiger partial charge >= 0.3 is 5.97 Å². The number of ether oxygens (including phenoxy) is 1. The number of carbonyl (C=O) groups excluding carboxylic acids is 2. The average Bonchev–Trinajstić information content (AvgIpc) is 2.76. The van der Waals surface area contributed by atoms with Gasteiger partial charge in [-0.15, -0.1) is 6.42 Å². The molecular formula is C22H18ClFN4O3. The van der Waals surface area contributed by atoms with E-state index in [0.29, 0.717) is 28.4 Å². The van der Waals surface area contributed by atoms with Gasteiger partial charge in [-0.2, -0.15) is 0 Å². The fourth-order valence-electron chi connectivity index (χ4n) is 3.03. The molecule has 0 radical (unpaired) electrons. The number of aliphatic imine (C=N–C) groups is 1. The predicted octanol–water partition coefficient (Wildman–Crippen LogP) is 2.78. The van der Waals surface area contributed by atoms with Crippen LogP contribution in [0.1, 0.15) is 34.6 Å². The SMILES string of the molecule is C#CCNC(=O)c1ccc(C2=NC(c3ccc(F)cc3Cl)C(C(=O)OC)=C(C)N2)nc1. The van der Waals surface area contributed by atoms with Crippen LogP contribution in [0.4, 0.5) is 4.39 Å². The minimum atomic E-state index is -0.836. The molecule has 2 N–H and O–H groups in total. The molecule has 1 aliphatic heterocycles. The summed E-state index contributed by atoms with van der Waals surface area (Å²) in [5, 5.41) is 5.71. The van der Waals surface area contributed by atoms with Gasteiger partial charge in [0, 0.05) is 22.5 Å². The number of nitrogens with one attached hydrogen (secondary N) is 2. The predicted molar refractivity (Wildman–Crippen MR) is 114 cm³/mol. The van der Waals surface area contributed by atoms with E-state index >= 15 is 0 Å². The number of terminal acetylenes is 1. The normalized spacial score (nSPS) is 15.5. The quantitative estimate of drug-likeness (QED) is 0.551. The third-order valence-corrected chi connectivity index (χ3v) is 4.85. The van der Waals surface area contributed by atoms with Crippen LogP contribution < -0.4 is 10.6 Å². The van der Waals surface area contributed by atoms with Crippen molar-refractivity contribution in [2.24, 2.45) is 4.99 Å². The number of aromatic nitrogens is 1. The third-order valence-electron chi connectivity index (χ3n) is 4.52. The highest BCUT2D eigenvalue weighted by Gasteiger charge is 2.32. The number of hydrogen-bond acceptors (Lipinski definition) is 6. The zero-order chi connectivity index (χ0) is 22.5. The molecule has 1 aliphatic rings. The van der Waals surface area contributed by atoms with E-state index in [1.165, 1.54) is 25.4 Å². The van der Waals surface area contributed by atoms with E-state index in [0.717, 1.165) is 6.07 Å². The highest BCUT2D eigenvalue weighted by molar-refractivity contribution is 6.31. The van der Waals surface area contributed by atoms with Crippen molar-refractivity contribution in [1.29, 1.82) is 0 Å². The fraction of sp³-hybridized carbons (Fsp3) is 0.182. The third kappa shape index (κ3) is 4.73. The molecule has 0 spiro atoms. The van der Waals surface area contributed by atoms with Crippen molar-refractivity contribution in [1.82, 2.24) is 15.6 Å². The van der Waals surface area contributed by atoms with Crippen LogP contribution in [-0.2, 0) is 9.53 Å². The summed E-state index contributed by atoms with van der Waals surface area (Å²) in [4.78, 5) is 33.3. The number of benzene rings is 1. The van der Waals surface area contributed by atoms with E-state index in [1.54, 1.807) is 19.1 Å². The lowest BCUT2D eigenvalue weighted by Gasteiger charge is -2.26. The first-order chi connectivity index (χ1) is 14.8. The maximum atomic E-state index is 13.5. The smallest absolute Gasteiger partial charge is 0.338 e. The Kier molecular flexibility index (Phi) is 6.68. The monoisotopic (exact) mass is 440 g/mol. The Morgan fingerprint density at radius 3 is 2.74 bits per heavy atom. The molecule has 0 saturated heterocycles. The van der Waals surface area contributed by atoms with Gasteiger partial charge in [-0.1, -0.05) is 23.6 Å². The van der Waals surface area contributed by atoms with Crippen molar-refractivity contribution >= 4 is 29.3 Å². The van der Waals surface area contributed by atoms with Crippen LogP contribution >= 0.6 is 11.6 Å². The molecule has 1 aromatic carbocycles. The van der Waals surface area contributed by atoms with E-state index in [9.17, 15) is 14.0 Å². The van der Waals surface area contributed by atoms with E-state index in [-0.39, 0.29) is 23.0 Å². The van der Waals surface area contributed by atoms with Gasteiger partial charge in [0.05, 0.1) is 24.8 Å². The lowest BCUT2D eigenvalue weighted by Crippen LogP contribution is -2.33. The minimum absolute atomic E-state index is 0.106. The molecule has 1 atom stereocenters. The Hall–Kier alpha value is -3.70. The van der Waals surface area contributed by atoms with Gasteiger partial charge < -0.3 is 15.4 Å². The number of esters is 1. The lowest BCUT2D eigenvalue weighted by molar-refractivity contribution is -0.136. The van der Waals surface area contributed by atoms with E-state index in [1.807, 2.05) is 0 Å². The summed E-state index contributed by atoms with van der Waals surface area (Å²) in [5.41, 5.74) is 1.92. The first-order valence-electron chi connectivity index (χ1n) is 9.12. The minimum Gasteiger partial charge on any atom is -0.466 e. The zero-order valence-corrected chi connectivity index (χ0v) is 17.5. The molecule has 9 heteroatoms. The summed E-state index contributed by atoms with van der Waals surface area (Å²) in [6, 6.07) is 6.21. The maximum Gasteiger partial charge on any atom is 0.338 e. The molecule has 0 bridgehead atoms. The van der Waals surface area contributed by atoms with Crippen LogP contribution in [0.25, 0.3) is 0 Å². The van der Waals surface area contributed by atoms with Gasteiger partial charge in [0.1, 0.15) is 17.6 Å². The van der Waals surface area contributed by atoms with E-state index < -0.39 is 17.8 Å². The molecule has 0 saturated carbocycles. The molecule has 2 aromatic rings. The van der Waals surface area contributed by atoms with Crippen LogP contribution in [0.15, 0.2) is 52.8 Å². The van der Waals surface area contributed by atoms with E-state index in [4.69, 9.17) is 22.8 Å². The van der Waals surface area contributed by atoms with Gasteiger partial charge in [-0.25, -0.2) is 9.18 Å². The number of halogens is 2. The molecule has 1 aromatic heterocycles. The average molecular weight is 441 g/mol. The Morgan fingerprint density at radius 2 is 2.13 bits per heavy atom. The first-order valence-corrected chi connectivity index (χ1v) is 9.50. The summed E-state index contributed by atoms with van der Waals surface area (Å²) in [5.74, 6) is 1.23. The van der Waals surface area contributed by atoms with Gasteiger partial charge in [0.25, 0.3) is 5.91 Å². The number of amides is 1. The van der Waals surface area contributed by atoms with Crippen molar-refractivity contribution < 1.29 is 18.7 Å². The molecule has 0 fully saturated rings. The molecule has 1 amide bonds. The van der Waals surface area contributed by atoms with Gasteiger partial charge in [-0.3, -0.25) is 14.8 Å². The van der Waals surface area contributed by atoms with Crippen LogP contribution in [0, 0.1) is 18.2 Å². The summed E-state index contributed by atoms with van der Waals surface area (Å²) in [6.07, 6.45) is 6.53. The van der Waals surface area contributed by atoms with Gasteiger partial charge in [0.2, 0.25) is 0 Å². The lowest BCUT2D eigenvalue weighted by atomic mass is 9.95. The van der Waals surface area contributed by atoms with Crippen LogP contribution in [0.5, 0.6) is 0 Å². The van der Waals surface area contributed by atoms with E-state index in [2.05, 4.69) is 26.5 Å². The largest absolute Gasteiger partial charge is 0.466 e. The first kappa shape index (κ1) is 22.0. The zero-order valence-electron chi connectivity index (χ0n) is 16.7. The highest BCUT2D eigenvalue weighted by Crippen LogP contribution is 2.36. The molecule has 31 heavy (non-hydrogen) atoms. The summed E-state index contributed by atoms with van der Waals surface area (Å²) in [7, 11) is 1.26. The number of methoxy groups -OCH3 is 1. The van der Waals surface area contributed by atoms with Crippen molar-refractivity contribution in [3.05, 3.63) is 75.5 Å². The maximum absolute atomic E-state index is 13.5. The Balaban J connectivity index is 2.00. The highest BCUT2D eigenvalue weighted by atomic mass is 35.5. The summed E-state index contributed by atoms with van der Waals surface area (Å²) in [6.45, 7) is 1.79. The standard InChI is InChI=1S/C22H18ClFN4O3/c1-4-9-25-21(29)13-5-8-17(26-11-13)20-27-12(2)18(22(30)31-3)19(28-20)15-7-6-14(24)10-16(15)23/h1,5-8,10-11,19H,9H2,2-3H3,(H,25,29)(H,27,28). The summed E-state index contributed by atoms with van der Waals surface area (Å²) < 4.78 is 18.4. The second-order valence-corrected chi connectivity index (χ2v) is 6.93. The Labute approximate surface area is 183 Å². The molecular weight excluding hydrogens is 423 g/mol. The van der Waals surface area contributed by atoms with Crippen LogP contribution in [-0.4, -0.2) is 36.4 Å². The molecule has 0 aliphatic carbocycles. The van der Waals surface area contributed by atoms with Crippen molar-refractivity contribution in [3.8, 4) is 12.3 Å².